The summed E-state index contributed by atoms with van der Waals surface area (Å²) in [6, 6.07) is 5.50. The van der Waals surface area contributed by atoms with E-state index in [1.807, 2.05) is 18.2 Å². The van der Waals surface area contributed by atoms with Crippen molar-refractivity contribution in [3.05, 3.63) is 23.8 Å². The van der Waals surface area contributed by atoms with Crippen molar-refractivity contribution in [2.75, 3.05) is 6.79 Å². The van der Waals surface area contributed by atoms with Gasteiger partial charge >= 0.3 is 0 Å². The summed E-state index contributed by atoms with van der Waals surface area (Å²) in [5.74, 6) is 4.04. The van der Waals surface area contributed by atoms with Gasteiger partial charge < -0.3 is 15.2 Å². The molecule has 1 aromatic carbocycles. The zero-order valence-electron chi connectivity index (χ0n) is 7.69. The zero-order valence-corrected chi connectivity index (χ0v) is 7.69. The van der Waals surface area contributed by atoms with E-state index >= 15 is 0 Å². The van der Waals surface area contributed by atoms with Crippen molar-refractivity contribution in [2.45, 2.75) is 12.5 Å². The quantitative estimate of drug-likeness (QED) is 0.703. The Bertz CT molecular complexity index is 381. The Morgan fingerprint density at radius 3 is 3.00 bits per heavy atom. The number of rotatable bonds is 2. The molecule has 0 amide bonds. The molecule has 0 saturated carbocycles. The predicted molar refractivity (Wildman–Crippen MR) is 53.1 cm³/mol. The van der Waals surface area contributed by atoms with Crippen LogP contribution in [0.15, 0.2) is 18.2 Å². The van der Waals surface area contributed by atoms with Gasteiger partial charge in [0.05, 0.1) is 6.04 Å². The molecule has 1 aromatic rings. The van der Waals surface area contributed by atoms with Crippen molar-refractivity contribution < 1.29 is 9.47 Å². The number of ether oxygens (including phenoxy) is 2. The lowest BCUT2D eigenvalue weighted by Crippen LogP contribution is -2.19. The summed E-state index contributed by atoms with van der Waals surface area (Å²) in [6.45, 7) is 0.292. The van der Waals surface area contributed by atoms with Gasteiger partial charge in [-0.05, 0) is 24.1 Å². The molecular weight excluding hydrogens is 178 g/mol. The van der Waals surface area contributed by atoms with Gasteiger partial charge in [-0.15, -0.1) is 6.42 Å². The van der Waals surface area contributed by atoms with Crippen LogP contribution in [0.1, 0.15) is 5.56 Å². The van der Waals surface area contributed by atoms with Gasteiger partial charge in [0.15, 0.2) is 11.5 Å². The topological polar surface area (TPSA) is 44.5 Å². The third-order valence-corrected chi connectivity index (χ3v) is 2.11. The highest BCUT2D eigenvalue weighted by molar-refractivity contribution is 5.44. The standard InChI is InChI=1S/C11H11NO2/c1-2-9(12)5-8-3-4-10-11(6-8)14-7-13-10/h1,3-4,6,9H,5,7,12H2. The monoisotopic (exact) mass is 189 g/mol. The molecule has 0 bridgehead atoms. The normalized spacial score (nSPS) is 14.9. The van der Waals surface area contributed by atoms with E-state index < -0.39 is 0 Å². The molecule has 72 valence electrons. The minimum Gasteiger partial charge on any atom is -0.454 e. The van der Waals surface area contributed by atoms with E-state index in [1.54, 1.807) is 0 Å². The third kappa shape index (κ3) is 1.66. The van der Waals surface area contributed by atoms with E-state index in [4.69, 9.17) is 21.6 Å². The molecule has 1 aliphatic heterocycles. The Balaban J connectivity index is 2.17. The Morgan fingerprint density at radius 2 is 2.21 bits per heavy atom. The summed E-state index contributed by atoms with van der Waals surface area (Å²) in [4.78, 5) is 0. The number of nitrogens with two attached hydrogens (primary N) is 1. The molecule has 3 heteroatoms. The minimum atomic E-state index is -0.240. The summed E-state index contributed by atoms with van der Waals surface area (Å²) < 4.78 is 10.4. The number of terminal acetylenes is 1. The van der Waals surface area contributed by atoms with Crippen LogP contribution in [0, 0.1) is 12.3 Å². The number of hydrogen-bond acceptors (Lipinski definition) is 3. The van der Waals surface area contributed by atoms with Gasteiger partial charge in [-0.3, -0.25) is 0 Å². The van der Waals surface area contributed by atoms with Gasteiger partial charge in [0, 0.05) is 0 Å². The van der Waals surface area contributed by atoms with Crippen molar-refractivity contribution in [2.24, 2.45) is 5.73 Å². The van der Waals surface area contributed by atoms with Gasteiger partial charge in [-0.25, -0.2) is 0 Å². The van der Waals surface area contributed by atoms with Crippen LogP contribution in [0.2, 0.25) is 0 Å². The number of fused-ring (bicyclic) bond motifs is 1. The molecule has 0 saturated heterocycles. The van der Waals surface area contributed by atoms with Crippen molar-refractivity contribution >= 4 is 0 Å². The van der Waals surface area contributed by atoms with Crippen LogP contribution >= 0.6 is 0 Å². The Kier molecular flexibility index (Phi) is 2.30. The van der Waals surface area contributed by atoms with Gasteiger partial charge in [0.25, 0.3) is 0 Å². The van der Waals surface area contributed by atoms with Crippen LogP contribution in [0.25, 0.3) is 0 Å². The largest absolute Gasteiger partial charge is 0.454 e. The van der Waals surface area contributed by atoms with Crippen LogP contribution in [0.4, 0.5) is 0 Å². The van der Waals surface area contributed by atoms with Crippen LogP contribution in [0.5, 0.6) is 11.5 Å². The predicted octanol–water partition coefficient (Wildman–Crippen LogP) is 0.918. The van der Waals surface area contributed by atoms with Gasteiger partial charge in [-0.2, -0.15) is 0 Å². The molecule has 1 unspecified atom stereocenters. The second-order valence-corrected chi connectivity index (χ2v) is 3.16. The first-order valence-electron chi connectivity index (χ1n) is 4.40. The number of hydrogen-bond donors (Lipinski definition) is 1. The molecule has 3 nitrogen and oxygen atoms in total. The smallest absolute Gasteiger partial charge is 0.231 e. The highest BCUT2D eigenvalue weighted by Crippen LogP contribution is 2.32. The summed E-state index contributed by atoms with van der Waals surface area (Å²) in [7, 11) is 0. The zero-order chi connectivity index (χ0) is 9.97. The second kappa shape index (κ2) is 3.60. The molecular formula is C11H11NO2. The molecule has 2 N–H and O–H groups in total. The SMILES string of the molecule is C#CC(N)Cc1ccc2c(c1)OCO2. The minimum absolute atomic E-state index is 0.240. The molecule has 0 aliphatic carbocycles. The second-order valence-electron chi connectivity index (χ2n) is 3.16. The van der Waals surface area contributed by atoms with E-state index in [0.717, 1.165) is 17.1 Å². The Labute approximate surface area is 82.8 Å². The van der Waals surface area contributed by atoms with Crippen LogP contribution in [-0.2, 0) is 6.42 Å². The molecule has 1 atom stereocenters. The fraction of sp³-hybridized carbons (Fsp3) is 0.273. The third-order valence-electron chi connectivity index (χ3n) is 2.11. The van der Waals surface area contributed by atoms with Crippen LogP contribution in [0.3, 0.4) is 0 Å². The van der Waals surface area contributed by atoms with Gasteiger partial charge in [-0.1, -0.05) is 12.0 Å². The van der Waals surface area contributed by atoms with Crippen molar-refractivity contribution in [1.82, 2.24) is 0 Å². The lowest BCUT2D eigenvalue weighted by Gasteiger charge is -2.05. The van der Waals surface area contributed by atoms with Gasteiger partial charge in [0.1, 0.15) is 0 Å². The Morgan fingerprint density at radius 1 is 1.43 bits per heavy atom. The van der Waals surface area contributed by atoms with E-state index in [1.165, 1.54) is 0 Å². The molecule has 0 fully saturated rings. The fourth-order valence-corrected chi connectivity index (χ4v) is 1.38. The van der Waals surface area contributed by atoms with Crippen molar-refractivity contribution in [3.63, 3.8) is 0 Å². The van der Waals surface area contributed by atoms with Gasteiger partial charge in [0.2, 0.25) is 6.79 Å². The average molecular weight is 189 g/mol. The molecule has 2 rings (SSSR count). The molecule has 0 aromatic heterocycles. The first-order chi connectivity index (χ1) is 6.79. The first-order valence-corrected chi connectivity index (χ1v) is 4.40. The summed E-state index contributed by atoms with van der Waals surface area (Å²) in [5, 5.41) is 0. The summed E-state index contributed by atoms with van der Waals surface area (Å²) in [6.07, 6.45) is 5.86. The fourth-order valence-electron chi connectivity index (χ4n) is 1.38. The maximum Gasteiger partial charge on any atom is 0.231 e. The summed E-state index contributed by atoms with van der Waals surface area (Å²) in [5.41, 5.74) is 6.71. The Hall–Kier alpha value is -1.66. The van der Waals surface area contributed by atoms with E-state index in [2.05, 4.69) is 5.92 Å². The van der Waals surface area contributed by atoms with Crippen LogP contribution in [-0.4, -0.2) is 12.8 Å². The molecule has 1 heterocycles. The van der Waals surface area contributed by atoms with Crippen LogP contribution < -0.4 is 15.2 Å². The molecule has 14 heavy (non-hydrogen) atoms. The highest BCUT2D eigenvalue weighted by atomic mass is 16.7. The van der Waals surface area contributed by atoms with E-state index in [0.29, 0.717) is 13.2 Å². The summed E-state index contributed by atoms with van der Waals surface area (Å²) >= 11 is 0. The maximum absolute atomic E-state index is 5.64. The lowest BCUT2D eigenvalue weighted by molar-refractivity contribution is 0.174. The first kappa shape index (κ1) is 8.92. The highest BCUT2D eigenvalue weighted by Gasteiger charge is 2.13. The van der Waals surface area contributed by atoms with Crippen molar-refractivity contribution in [3.8, 4) is 23.8 Å². The van der Waals surface area contributed by atoms with E-state index in [9.17, 15) is 0 Å². The van der Waals surface area contributed by atoms with Crippen molar-refractivity contribution in [1.29, 1.82) is 0 Å². The van der Waals surface area contributed by atoms with E-state index in [-0.39, 0.29) is 6.04 Å². The molecule has 0 radical (unpaired) electrons. The molecule has 0 spiro atoms. The average Bonchev–Trinajstić information content (AvgIpc) is 2.64. The lowest BCUT2D eigenvalue weighted by atomic mass is 10.1. The molecule has 1 aliphatic rings. The maximum atomic E-state index is 5.64. The number of benzene rings is 1.